The maximum absolute atomic E-state index is 13.6. The number of ether oxygens (including phenoxy) is 2. The summed E-state index contributed by atoms with van der Waals surface area (Å²) >= 11 is 0. The summed E-state index contributed by atoms with van der Waals surface area (Å²) in [6.07, 6.45) is 1.32. The summed E-state index contributed by atoms with van der Waals surface area (Å²) in [5, 5.41) is 5.46. The number of benzene rings is 3. The van der Waals surface area contributed by atoms with Gasteiger partial charge in [0.1, 0.15) is 17.7 Å². The largest absolute Gasteiger partial charge is 0.493 e. The topological polar surface area (TPSA) is 107 Å². The fraction of sp³-hybridized carbons (Fsp3) is 0.188. The van der Waals surface area contributed by atoms with E-state index in [1.807, 2.05) is 0 Å². The summed E-state index contributed by atoms with van der Waals surface area (Å²) in [5.41, 5.74) is 1.42. The highest BCUT2D eigenvalue weighted by Gasteiger charge is 2.28. The average molecular weight is 574 g/mol. The fourth-order valence-corrected chi connectivity index (χ4v) is 4.45. The van der Waals surface area contributed by atoms with E-state index < -0.39 is 47.4 Å². The number of halogens is 2. The van der Waals surface area contributed by atoms with Crippen molar-refractivity contribution < 1.29 is 32.6 Å². The molecule has 2 amide bonds. The Labute approximate surface area is 241 Å². The molecule has 0 fully saturated rings. The summed E-state index contributed by atoms with van der Waals surface area (Å²) in [4.78, 5) is 43.2. The van der Waals surface area contributed by atoms with Crippen molar-refractivity contribution in [3.8, 4) is 11.5 Å². The van der Waals surface area contributed by atoms with Crippen LogP contribution in [0.5, 0.6) is 11.5 Å². The standard InChI is InChI=1S/C32H29F2N3O5/c1-19(27(21-9-13-24(33)14-10-21)22-11-15-25(34)16-12-22)36-30(38)20(2)37-31(39)28-29(26(41-3)17-18-35-28)42-32(40)23-7-5-4-6-8-23/h4-20,27H,1-3H3,(H,36,38)(H,37,39)/t19-,20+/m1/s1. The van der Waals surface area contributed by atoms with Gasteiger partial charge in [-0.25, -0.2) is 18.6 Å². The molecule has 1 aromatic heterocycles. The Kier molecular flexibility index (Phi) is 9.59. The molecule has 42 heavy (non-hydrogen) atoms. The zero-order chi connectivity index (χ0) is 30.2. The molecule has 0 unspecified atom stereocenters. The van der Waals surface area contributed by atoms with Gasteiger partial charge in [-0.1, -0.05) is 42.5 Å². The minimum Gasteiger partial charge on any atom is -0.493 e. The van der Waals surface area contributed by atoms with E-state index in [9.17, 15) is 23.2 Å². The number of aromatic nitrogens is 1. The van der Waals surface area contributed by atoms with Gasteiger partial charge in [0.15, 0.2) is 11.4 Å². The molecule has 0 bridgehead atoms. The van der Waals surface area contributed by atoms with Crippen LogP contribution in [0.1, 0.15) is 51.7 Å². The van der Waals surface area contributed by atoms with Crippen LogP contribution in [0.15, 0.2) is 91.1 Å². The number of nitrogens with one attached hydrogen (secondary N) is 2. The summed E-state index contributed by atoms with van der Waals surface area (Å²) in [6, 6.07) is 19.7. The predicted molar refractivity (Wildman–Crippen MR) is 151 cm³/mol. The SMILES string of the molecule is COc1ccnc(C(=O)N[C@@H](C)C(=O)N[C@H](C)C(c2ccc(F)cc2)c2ccc(F)cc2)c1OC(=O)c1ccccc1. The lowest BCUT2D eigenvalue weighted by atomic mass is 9.85. The third-order valence-electron chi connectivity index (χ3n) is 6.58. The molecule has 1 heterocycles. The maximum atomic E-state index is 13.6. The van der Waals surface area contributed by atoms with Gasteiger partial charge in [-0.05, 0) is 61.4 Å². The van der Waals surface area contributed by atoms with Crippen LogP contribution in [-0.4, -0.2) is 42.0 Å². The predicted octanol–water partition coefficient (Wildman–Crippen LogP) is 5.04. The Balaban J connectivity index is 1.50. The van der Waals surface area contributed by atoms with E-state index in [1.165, 1.54) is 50.6 Å². The molecule has 4 aromatic rings. The number of esters is 1. The zero-order valence-electron chi connectivity index (χ0n) is 23.1. The van der Waals surface area contributed by atoms with Crippen molar-refractivity contribution in [3.05, 3.63) is 125 Å². The highest BCUT2D eigenvalue weighted by Crippen LogP contribution is 2.31. The Bertz CT molecular complexity index is 1500. The molecule has 0 aliphatic rings. The highest BCUT2D eigenvalue weighted by molar-refractivity contribution is 6.00. The second-order valence-electron chi connectivity index (χ2n) is 9.52. The molecule has 4 rings (SSSR count). The van der Waals surface area contributed by atoms with E-state index in [2.05, 4.69) is 15.6 Å². The molecule has 0 spiro atoms. The third-order valence-corrected chi connectivity index (χ3v) is 6.58. The van der Waals surface area contributed by atoms with Gasteiger partial charge < -0.3 is 20.1 Å². The molecule has 0 aliphatic carbocycles. The maximum Gasteiger partial charge on any atom is 0.343 e. The van der Waals surface area contributed by atoms with Gasteiger partial charge in [-0.15, -0.1) is 0 Å². The first-order chi connectivity index (χ1) is 20.2. The number of hydrogen-bond acceptors (Lipinski definition) is 6. The van der Waals surface area contributed by atoms with Gasteiger partial charge in [-0.3, -0.25) is 9.59 Å². The fourth-order valence-electron chi connectivity index (χ4n) is 4.45. The van der Waals surface area contributed by atoms with Gasteiger partial charge in [0.05, 0.1) is 12.7 Å². The lowest BCUT2D eigenvalue weighted by Crippen LogP contribution is -2.49. The Morgan fingerprint density at radius 3 is 1.90 bits per heavy atom. The van der Waals surface area contributed by atoms with Gasteiger partial charge in [0.2, 0.25) is 11.7 Å². The first kappa shape index (κ1) is 29.9. The molecule has 0 aliphatic heterocycles. The van der Waals surface area contributed by atoms with Gasteiger partial charge in [0, 0.05) is 24.2 Å². The van der Waals surface area contributed by atoms with Crippen LogP contribution in [0, 0.1) is 11.6 Å². The second-order valence-corrected chi connectivity index (χ2v) is 9.52. The lowest BCUT2D eigenvalue weighted by molar-refractivity contribution is -0.123. The van der Waals surface area contributed by atoms with Gasteiger partial charge in [0.25, 0.3) is 5.91 Å². The van der Waals surface area contributed by atoms with Crippen LogP contribution in [0.2, 0.25) is 0 Å². The van der Waals surface area contributed by atoms with E-state index >= 15 is 0 Å². The zero-order valence-corrected chi connectivity index (χ0v) is 23.1. The summed E-state index contributed by atoms with van der Waals surface area (Å²) in [7, 11) is 1.35. The number of amides is 2. The monoisotopic (exact) mass is 573 g/mol. The summed E-state index contributed by atoms with van der Waals surface area (Å²) in [5.74, 6) is -3.37. The van der Waals surface area contributed by atoms with Crippen molar-refractivity contribution in [2.45, 2.75) is 31.8 Å². The molecule has 2 atom stereocenters. The van der Waals surface area contributed by atoms with Crippen molar-refractivity contribution in [1.29, 1.82) is 0 Å². The van der Waals surface area contributed by atoms with Crippen molar-refractivity contribution in [3.63, 3.8) is 0 Å². The molecule has 8 nitrogen and oxygen atoms in total. The van der Waals surface area contributed by atoms with Crippen molar-refractivity contribution in [1.82, 2.24) is 15.6 Å². The number of carbonyl (C=O) groups excluding carboxylic acids is 3. The minimum atomic E-state index is -1.03. The van der Waals surface area contributed by atoms with Crippen LogP contribution in [-0.2, 0) is 4.79 Å². The first-order valence-electron chi connectivity index (χ1n) is 13.1. The molecule has 3 aromatic carbocycles. The van der Waals surface area contributed by atoms with Gasteiger partial charge in [-0.2, -0.15) is 0 Å². The molecular weight excluding hydrogens is 544 g/mol. The first-order valence-corrected chi connectivity index (χ1v) is 13.1. The van der Waals surface area contributed by atoms with Crippen molar-refractivity contribution in [2.24, 2.45) is 0 Å². The van der Waals surface area contributed by atoms with Crippen LogP contribution in [0.25, 0.3) is 0 Å². The summed E-state index contributed by atoms with van der Waals surface area (Å²) < 4.78 is 38.0. The molecular formula is C32H29F2N3O5. The number of methoxy groups -OCH3 is 1. The number of nitrogens with zero attached hydrogens (tertiary/aromatic N) is 1. The average Bonchev–Trinajstić information content (AvgIpc) is 2.99. The molecule has 0 saturated carbocycles. The van der Waals surface area contributed by atoms with Crippen LogP contribution >= 0.6 is 0 Å². The van der Waals surface area contributed by atoms with Crippen LogP contribution < -0.4 is 20.1 Å². The highest BCUT2D eigenvalue weighted by atomic mass is 19.1. The second kappa shape index (κ2) is 13.5. The molecule has 216 valence electrons. The molecule has 0 saturated heterocycles. The van der Waals surface area contributed by atoms with E-state index in [0.717, 1.165) is 0 Å². The normalized spacial score (nSPS) is 12.2. The Hall–Kier alpha value is -5.12. The lowest BCUT2D eigenvalue weighted by Gasteiger charge is -2.27. The minimum absolute atomic E-state index is 0.103. The number of pyridine rings is 1. The quantitative estimate of drug-likeness (QED) is 0.258. The Morgan fingerprint density at radius 1 is 0.786 bits per heavy atom. The molecule has 10 heteroatoms. The Morgan fingerprint density at radius 2 is 1.36 bits per heavy atom. The number of rotatable bonds is 10. The van der Waals surface area contributed by atoms with Crippen molar-refractivity contribution in [2.75, 3.05) is 7.11 Å². The molecule has 2 N–H and O–H groups in total. The third kappa shape index (κ3) is 7.14. The molecule has 0 radical (unpaired) electrons. The smallest absolute Gasteiger partial charge is 0.343 e. The van der Waals surface area contributed by atoms with Crippen LogP contribution in [0.3, 0.4) is 0 Å². The van der Waals surface area contributed by atoms with E-state index in [4.69, 9.17) is 9.47 Å². The summed E-state index contributed by atoms with van der Waals surface area (Å²) in [6.45, 7) is 3.25. The van der Waals surface area contributed by atoms with Crippen molar-refractivity contribution >= 4 is 17.8 Å². The van der Waals surface area contributed by atoms with Gasteiger partial charge >= 0.3 is 5.97 Å². The van der Waals surface area contributed by atoms with E-state index in [1.54, 1.807) is 61.5 Å². The number of carbonyl (C=O) groups is 3. The van der Waals surface area contributed by atoms with E-state index in [0.29, 0.717) is 11.1 Å². The van der Waals surface area contributed by atoms with E-state index in [-0.39, 0.29) is 22.8 Å². The number of hydrogen-bond donors (Lipinski definition) is 2. The van der Waals surface area contributed by atoms with Crippen LogP contribution in [0.4, 0.5) is 8.78 Å².